The molecule has 1 aliphatic carbocycles. The molecule has 6 heteroatoms. The highest BCUT2D eigenvalue weighted by Crippen LogP contribution is 2.34. The molecule has 0 aliphatic heterocycles. The second-order valence-corrected chi connectivity index (χ2v) is 6.11. The standard InChI is InChI=1S/C15H24N6/c1-4-16-15-19-13-12(17-9-18-13)14(20-15)21(11-5-6-11)8-7-10(2)3/h9-11H,4-8H2,1-3H3,(H2,16,17,18,19,20). The van der Waals surface area contributed by atoms with E-state index in [1.54, 1.807) is 6.33 Å². The predicted octanol–water partition coefficient (Wildman–Crippen LogP) is 2.80. The normalized spacial score (nSPS) is 14.9. The first-order valence-electron chi connectivity index (χ1n) is 7.90. The van der Waals surface area contributed by atoms with Crippen LogP contribution in [-0.2, 0) is 0 Å². The maximum Gasteiger partial charge on any atom is 0.226 e. The molecule has 0 saturated heterocycles. The van der Waals surface area contributed by atoms with Crippen LogP contribution in [0.5, 0.6) is 0 Å². The zero-order valence-corrected chi connectivity index (χ0v) is 13.1. The van der Waals surface area contributed by atoms with Crippen molar-refractivity contribution in [2.24, 2.45) is 5.92 Å². The molecule has 2 aromatic heterocycles. The van der Waals surface area contributed by atoms with Gasteiger partial charge in [0.05, 0.1) is 6.33 Å². The van der Waals surface area contributed by atoms with Gasteiger partial charge < -0.3 is 15.2 Å². The molecule has 0 unspecified atom stereocenters. The van der Waals surface area contributed by atoms with Crippen molar-refractivity contribution in [3.63, 3.8) is 0 Å². The molecule has 2 N–H and O–H groups in total. The van der Waals surface area contributed by atoms with Gasteiger partial charge in [-0.3, -0.25) is 0 Å². The number of nitrogens with zero attached hydrogens (tertiary/aromatic N) is 4. The molecule has 21 heavy (non-hydrogen) atoms. The van der Waals surface area contributed by atoms with Crippen LogP contribution in [0.1, 0.15) is 40.0 Å². The number of anilines is 2. The number of hydrogen-bond donors (Lipinski definition) is 2. The Morgan fingerprint density at radius 2 is 2.19 bits per heavy atom. The molecule has 114 valence electrons. The van der Waals surface area contributed by atoms with E-state index in [0.717, 1.165) is 30.1 Å². The third-order valence-corrected chi connectivity index (χ3v) is 3.81. The van der Waals surface area contributed by atoms with Gasteiger partial charge >= 0.3 is 0 Å². The first-order valence-corrected chi connectivity index (χ1v) is 7.90. The van der Waals surface area contributed by atoms with Crippen LogP contribution in [0.2, 0.25) is 0 Å². The van der Waals surface area contributed by atoms with E-state index in [1.165, 1.54) is 19.3 Å². The van der Waals surface area contributed by atoms with Crippen LogP contribution < -0.4 is 10.2 Å². The van der Waals surface area contributed by atoms with Gasteiger partial charge in [-0.25, -0.2) is 4.98 Å². The Morgan fingerprint density at radius 1 is 1.38 bits per heavy atom. The average Bonchev–Trinajstić information content (AvgIpc) is 3.16. The van der Waals surface area contributed by atoms with E-state index in [-0.39, 0.29) is 0 Å². The molecule has 2 heterocycles. The fourth-order valence-electron chi connectivity index (χ4n) is 2.51. The Balaban J connectivity index is 1.96. The highest BCUT2D eigenvalue weighted by atomic mass is 15.3. The van der Waals surface area contributed by atoms with Crippen molar-refractivity contribution in [2.45, 2.75) is 46.1 Å². The van der Waals surface area contributed by atoms with E-state index in [2.05, 4.69) is 45.9 Å². The fraction of sp³-hybridized carbons (Fsp3) is 0.667. The lowest BCUT2D eigenvalue weighted by Gasteiger charge is -2.25. The molecule has 0 bridgehead atoms. The molecule has 0 radical (unpaired) electrons. The number of nitrogens with one attached hydrogen (secondary N) is 2. The quantitative estimate of drug-likeness (QED) is 0.820. The summed E-state index contributed by atoms with van der Waals surface area (Å²) in [7, 11) is 0. The van der Waals surface area contributed by atoms with E-state index in [9.17, 15) is 0 Å². The molecule has 2 aromatic rings. The summed E-state index contributed by atoms with van der Waals surface area (Å²) in [6.07, 6.45) is 5.39. The largest absolute Gasteiger partial charge is 0.354 e. The van der Waals surface area contributed by atoms with E-state index < -0.39 is 0 Å². The second kappa shape index (κ2) is 5.87. The van der Waals surface area contributed by atoms with Crippen LogP contribution >= 0.6 is 0 Å². The Morgan fingerprint density at radius 3 is 2.86 bits per heavy atom. The topological polar surface area (TPSA) is 69.7 Å². The first-order chi connectivity index (χ1) is 10.2. The molecule has 3 rings (SSSR count). The summed E-state index contributed by atoms with van der Waals surface area (Å²) in [6, 6.07) is 0.625. The summed E-state index contributed by atoms with van der Waals surface area (Å²) < 4.78 is 0. The zero-order valence-electron chi connectivity index (χ0n) is 13.1. The van der Waals surface area contributed by atoms with Crippen LogP contribution in [0.25, 0.3) is 11.2 Å². The number of aromatic nitrogens is 4. The molecule has 0 atom stereocenters. The first kappa shape index (κ1) is 14.1. The van der Waals surface area contributed by atoms with Crippen molar-refractivity contribution < 1.29 is 0 Å². The molecule has 1 aliphatic rings. The number of H-pyrrole nitrogens is 1. The summed E-state index contributed by atoms with van der Waals surface area (Å²) in [5.41, 5.74) is 1.69. The summed E-state index contributed by atoms with van der Waals surface area (Å²) >= 11 is 0. The van der Waals surface area contributed by atoms with Gasteiger partial charge in [-0.2, -0.15) is 9.97 Å². The third-order valence-electron chi connectivity index (χ3n) is 3.81. The molecular formula is C15H24N6. The van der Waals surface area contributed by atoms with Gasteiger partial charge in [0.15, 0.2) is 11.5 Å². The highest BCUT2D eigenvalue weighted by molar-refractivity contribution is 5.84. The van der Waals surface area contributed by atoms with Crippen LogP contribution in [0.3, 0.4) is 0 Å². The minimum absolute atomic E-state index is 0.625. The molecule has 0 aromatic carbocycles. The molecule has 0 amide bonds. The molecular weight excluding hydrogens is 264 g/mol. The lowest BCUT2D eigenvalue weighted by Crippen LogP contribution is -2.29. The Kier molecular flexibility index (Phi) is 3.94. The predicted molar refractivity (Wildman–Crippen MR) is 85.7 cm³/mol. The van der Waals surface area contributed by atoms with Crippen molar-refractivity contribution in [3.05, 3.63) is 6.33 Å². The van der Waals surface area contributed by atoms with Crippen LogP contribution in [0.4, 0.5) is 11.8 Å². The van der Waals surface area contributed by atoms with Crippen molar-refractivity contribution in [1.82, 2.24) is 19.9 Å². The zero-order chi connectivity index (χ0) is 14.8. The van der Waals surface area contributed by atoms with Gasteiger partial charge in [0, 0.05) is 19.1 Å². The molecule has 0 spiro atoms. The smallest absolute Gasteiger partial charge is 0.226 e. The van der Waals surface area contributed by atoms with Gasteiger partial charge in [-0.05, 0) is 32.1 Å². The molecule has 1 fully saturated rings. The summed E-state index contributed by atoms with van der Waals surface area (Å²) in [4.78, 5) is 19.1. The third kappa shape index (κ3) is 3.09. The van der Waals surface area contributed by atoms with Gasteiger partial charge in [-0.15, -0.1) is 0 Å². The van der Waals surface area contributed by atoms with Crippen molar-refractivity contribution >= 4 is 22.9 Å². The van der Waals surface area contributed by atoms with Crippen molar-refractivity contribution in [1.29, 1.82) is 0 Å². The maximum atomic E-state index is 4.73. The Labute approximate surface area is 125 Å². The number of rotatable bonds is 7. The summed E-state index contributed by atoms with van der Waals surface area (Å²) in [5.74, 6) is 2.36. The van der Waals surface area contributed by atoms with Gasteiger partial charge in [0.25, 0.3) is 0 Å². The number of hydrogen-bond acceptors (Lipinski definition) is 5. The van der Waals surface area contributed by atoms with Crippen molar-refractivity contribution in [3.8, 4) is 0 Å². The Bertz CT molecular complexity index is 601. The summed E-state index contributed by atoms with van der Waals surface area (Å²) in [6.45, 7) is 8.43. The van der Waals surface area contributed by atoms with Crippen molar-refractivity contribution in [2.75, 3.05) is 23.3 Å². The fourth-order valence-corrected chi connectivity index (χ4v) is 2.51. The van der Waals surface area contributed by atoms with E-state index >= 15 is 0 Å². The maximum absolute atomic E-state index is 4.73. The highest BCUT2D eigenvalue weighted by Gasteiger charge is 2.31. The van der Waals surface area contributed by atoms with Crippen LogP contribution in [0.15, 0.2) is 6.33 Å². The summed E-state index contributed by atoms with van der Waals surface area (Å²) in [5, 5.41) is 3.21. The second-order valence-electron chi connectivity index (χ2n) is 6.11. The monoisotopic (exact) mass is 288 g/mol. The van der Waals surface area contributed by atoms with Crippen LogP contribution in [-0.4, -0.2) is 39.1 Å². The van der Waals surface area contributed by atoms with Gasteiger partial charge in [0.1, 0.15) is 5.52 Å². The van der Waals surface area contributed by atoms with Gasteiger partial charge in [0.2, 0.25) is 5.95 Å². The van der Waals surface area contributed by atoms with Crippen LogP contribution in [0, 0.1) is 5.92 Å². The average molecular weight is 288 g/mol. The van der Waals surface area contributed by atoms with E-state index in [0.29, 0.717) is 17.9 Å². The number of fused-ring (bicyclic) bond motifs is 1. The lowest BCUT2D eigenvalue weighted by molar-refractivity contribution is 0.569. The van der Waals surface area contributed by atoms with E-state index in [4.69, 9.17) is 4.98 Å². The minimum Gasteiger partial charge on any atom is -0.354 e. The van der Waals surface area contributed by atoms with E-state index in [1.807, 2.05) is 0 Å². The van der Waals surface area contributed by atoms with Gasteiger partial charge in [-0.1, -0.05) is 13.8 Å². The Hall–Kier alpha value is -1.85. The lowest BCUT2D eigenvalue weighted by atomic mass is 10.1. The molecule has 6 nitrogen and oxygen atoms in total. The number of imidazole rings is 1. The SMILES string of the molecule is CCNc1nc(N(CCC(C)C)C2CC2)c2[nH]cnc2n1. The number of aromatic amines is 1. The minimum atomic E-state index is 0.625. The molecule has 1 saturated carbocycles.